The first-order valence-electron chi connectivity index (χ1n) is 8.91. The highest BCUT2D eigenvalue weighted by Crippen LogP contribution is 2.31. The second kappa shape index (κ2) is 7.81. The molecule has 0 aliphatic carbocycles. The summed E-state index contributed by atoms with van der Waals surface area (Å²) in [4.78, 5) is 14.7. The maximum absolute atomic E-state index is 12.5. The summed E-state index contributed by atoms with van der Waals surface area (Å²) in [7, 11) is 0. The van der Waals surface area contributed by atoms with E-state index < -0.39 is 0 Å². The lowest BCUT2D eigenvalue weighted by Gasteiger charge is -2.17. The van der Waals surface area contributed by atoms with E-state index in [1.807, 2.05) is 32.0 Å². The standard InChI is InChI=1S/C21H27N3O/c1-15-8-9-16(2)20(10-15)23-21(25)14-24-12-18(11-22)19(13-24)17-6-4-3-5-7-17/h3-10,18-19H,11-14,22H2,1-2H3,(H,23,25)/t18-,19+/m1/s1. The van der Waals surface area contributed by atoms with Crippen LogP contribution >= 0.6 is 0 Å². The minimum Gasteiger partial charge on any atom is -0.330 e. The molecule has 0 unspecified atom stereocenters. The van der Waals surface area contributed by atoms with Crippen molar-refractivity contribution in [2.45, 2.75) is 19.8 Å². The number of rotatable bonds is 5. The van der Waals surface area contributed by atoms with Crippen molar-refractivity contribution in [2.24, 2.45) is 11.7 Å². The van der Waals surface area contributed by atoms with Crippen LogP contribution in [0.3, 0.4) is 0 Å². The molecule has 132 valence electrons. The normalized spacial score (nSPS) is 20.6. The van der Waals surface area contributed by atoms with Crippen LogP contribution in [0.1, 0.15) is 22.6 Å². The van der Waals surface area contributed by atoms with Crippen LogP contribution in [0.15, 0.2) is 48.5 Å². The number of nitrogens with zero attached hydrogens (tertiary/aromatic N) is 1. The van der Waals surface area contributed by atoms with Crippen LogP contribution in [0.5, 0.6) is 0 Å². The first kappa shape index (κ1) is 17.6. The number of hydrogen-bond donors (Lipinski definition) is 2. The molecule has 2 atom stereocenters. The number of carbonyl (C=O) groups excluding carboxylic acids is 1. The summed E-state index contributed by atoms with van der Waals surface area (Å²) >= 11 is 0. The van der Waals surface area contributed by atoms with Gasteiger partial charge in [-0.25, -0.2) is 0 Å². The zero-order valence-corrected chi connectivity index (χ0v) is 15.0. The fourth-order valence-electron chi connectivity index (χ4n) is 3.67. The van der Waals surface area contributed by atoms with Crippen molar-refractivity contribution in [3.05, 3.63) is 65.2 Å². The Bertz CT molecular complexity index is 729. The number of nitrogens with two attached hydrogens (primary N) is 1. The highest BCUT2D eigenvalue weighted by atomic mass is 16.2. The van der Waals surface area contributed by atoms with Crippen molar-refractivity contribution in [1.29, 1.82) is 0 Å². The second-order valence-electron chi connectivity index (χ2n) is 7.07. The molecule has 1 amide bonds. The number of benzene rings is 2. The number of likely N-dealkylation sites (tertiary alicyclic amines) is 1. The molecular formula is C21H27N3O. The first-order valence-corrected chi connectivity index (χ1v) is 8.91. The highest BCUT2D eigenvalue weighted by Gasteiger charge is 2.33. The Kier molecular flexibility index (Phi) is 5.51. The minimum absolute atomic E-state index is 0.0400. The monoisotopic (exact) mass is 337 g/mol. The zero-order valence-electron chi connectivity index (χ0n) is 15.0. The molecule has 1 aliphatic rings. The van der Waals surface area contributed by atoms with Gasteiger partial charge in [-0.05, 0) is 49.1 Å². The van der Waals surface area contributed by atoms with Crippen LogP contribution in [0, 0.1) is 19.8 Å². The molecule has 1 aliphatic heterocycles. The SMILES string of the molecule is Cc1ccc(C)c(NC(=O)CN2C[C@@H](CN)[C@H](c3ccccc3)C2)c1. The van der Waals surface area contributed by atoms with Gasteiger partial charge in [0.25, 0.3) is 0 Å². The first-order chi connectivity index (χ1) is 12.1. The Morgan fingerprint density at radius 1 is 1.16 bits per heavy atom. The van der Waals surface area contributed by atoms with E-state index in [9.17, 15) is 4.79 Å². The molecule has 3 N–H and O–H groups in total. The lowest BCUT2D eigenvalue weighted by atomic mass is 9.89. The fraction of sp³-hybridized carbons (Fsp3) is 0.381. The number of anilines is 1. The minimum atomic E-state index is 0.0400. The molecule has 3 rings (SSSR count). The van der Waals surface area contributed by atoms with Crippen LogP contribution in [0.25, 0.3) is 0 Å². The summed E-state index contributed by atoms with van der Waals surface area (Å²) in [5.41, 5.74) is 10.4. The van der Waals surface area contributed by atoms with Crippen LogP contribution in [-0.2, 0) is 4.79 Å². The van der Waals surface area contributed by atoms with E-state index in [4.69, 9.17) is 5.73 Å². The van der Waals surface area contributed by atoms with E-state index in [2.05, 4.69) is 40.5 Å². The molecule has 0 saturated carbocycles. The highest BCUT2D eigenvalue weighted by molar-refractivity contribution is 5.93. The topological polar surface area (TPSA) is 58.4 Å². The molecule has 4 heteroatoms. The smallest absolute Gasteiger partial charge is 0.238 e. The van der Waals surface area contributed by atoms with Crippen molar-refractivity contribution in [3.8, 4) is 0 Å². The van der Waals surface area contributed by atoms with Gasteiger partial charge in [0.1, 0.15) is 0 Å². The second-order valence-corrected chi connectivity index (χ2v) is 7.07. The van der Waals surface area contributed by atoms with Gasteiger partial charge in [-0.2, -0.15) is 0 Å². The lowest BCUT2D eigenvalue weighted by molar-refractivity contribution is -0.117. The Hall–Kier alpha value is -2.17. The molecule has 1 heterocycles. The Balaban J connectivity index is 1.63. The van der Waals surface area contributed by atoms with E-state index in [0.29, 0.717) is 24.9 Å². The van der Waals surface area contributed by atoms with Crippen LogP contribution in [0.4, 0.5) is 5.69 Å². The summed E-state index contributed by atoms with van der Waals surface area (Å²) in [5, 5.41) is 3.05. The van der Waals surface area contributed by atoms with Crippen LogP contribution < -0.4 is 11.1 Å². The van der Waals surface area contributed by atoms with Gasteiger partial charge in [0.15, 0.2) is 0 Å². The van der Waals surface area contributed by atoms with Gasteiger partial charge >= 0.3 is 0 Å². The van der Waals surface area contributed by atoms with Crippen molar-refractivity contribution >= 4 is 11.6 Å². The quantitative estimate of drug-likeness (QED) is 0.882. The summed E-state index contributed by atoms with van der Waals surface area (Å²) < 4.78 is 0. The molecule has 0 bridgehead atoms. The lowest BCUT2D eigenvalue weighted by Crippen LogP contribution is -2.32. The van der Waals surface area contributed by atoms with Gasteiger partial charge in [0.2, 0.25) is 5.91 Å². The van der Waals surface area contributed by atoms with Gasteiger partial charge in [0, 0.05) is 24.7 Å². The summed E-state index contributed by atoms with van der Waals surface area (Å²) in [6.45, 7) is 6.86. The van der Waals surface area contributed by atoms with Gasteiger partial charge < -0.3 is 11.1 Å². The van der Waals surface area contributed by atoms with Crippen molar-refractivity contribution in [3.63, 3.8) is 0 Å². The molecule has 1 saturated heterocycles. The summed E-state index contributed by atoms with van der Waals surface area (Å²) in [6.07, 6.45) is 0. The largest absolute Gasteiger partial charge is 0.330 e. The molecule has 2 aromatic carbocycles. The van der Waals surface area contributed by atoms with E-state index in [1.165, 1.54) is 5.56 Å². The molecule has 0 radical (unpaired) electrons. The third-order valence-electron chi connectivity index (χ3n) is 5.08. The number of amides is 1. The Labute approximate surface area is 150 Å². The third-order valence-corrected chi connectivity index (χ3v) is 5.08. The van der Waals surface area contributed by atoms with Crippen molar-refractivity contribution in [2.75, 3.05) is 31.5 Å². The fourth-order valence-corrected chi connectivity index (χ4v) is 3.67. The van der Waals surface area contributed by atoms with Gasteiger partial charge in [-0.1, -0.05) is 42.5 Å². The van der Waals surface area contributed by atoms with Crippen molar-refractivity contribution < 1.29 is 4.79 Å². The molecule has 2 aromatic rings. The molecule has 0 aromatic heterocycles. The predicted molar refractivity (Wildman–Crippen MR) is 103 cm³/mol. The maximum Gasteiger partial charge on any atom is 0.238 e. The number of hydrogen-bond acceptors (Lipinski definition) is 3. The molecule has 1 fully saturated rings. The zero-order chi connectivity index (χ0) is 17.8. The average Bonchev–Trinajstić information content (AvgIpc) is 3.01. The molecule has 4 nitrogen and oxygen atoms in total. The van der Waals surface area contributed by atoms with E-state index in [1.54, 1.807) is 0 Å². The van der Waals surface area contributed by atoms with Gasteiger partial charge in [0.05, 0.1) is 6.54 Å². The van der Waals surface area contributed by atoms with Gasteiger partial charge in [-0.15, -0.1) is 0 Å². The summed E-state index contributed by atoms with van der Waals surface area (Å²) in [5.74, 6) is 0.841. The molecule has 0 spiro atoms. The summed E-state index contributed by atoms with van der Waals surface area (Å²) in [6, 6.07) is 16.6. The number of nitrogens with one attached hydrogen (secondary N) is 1. The van der Waals surface area contributed by atoms with Crippen molar-refractivity contribution in [1.82, 2.24) is 4.90 Å². The molecular weight excluding hydrogens is 310 g/mol. The molecule has 25 heavy (non-hydrogen) atoms. The van der Waals surface area contributed by atoms with E-state index in [-0.39, 0.29) is 5.91 Å². The van der Waals surface area contributed by atoms with E-state index >= 15 is 0 Å². The predicted octanol–water partition coefficient (Wildman–Crippen LogP) is 2.92. The third kappa shape index (κ3) is 4.27. The average molecular weight is 337 g/mol. The van der Waals surface area contributed by atoms with Gasteiger partial charge in [-0.3, -0.25) is 9.69 Å². The number of carbonyl (C=O) groups is 1. The Morgan fingerprint density at radius 2 is 1.92 bits per heavy atom. The van der Waals surface area contributed by atoms with Crippen LogP contribution in [-0.4, -0.2) is 37.0 Å². The number of aryl methyl sites for hydroxylation is 2. The maximum atomic E-state index is 12.5. The van der Waals surface area contributed by atoms with Crippen LogP contribution in [0.2, 0.25) is 0 Å². The van der Waals surface area contributed by atoms with E-state index in [0.717, 1.165) is 29.9 Å². The Morgan fingerprint density at radius 3 is 2.64 bits per heavy atom.